The van der Waals surface area contributed by atoms with Gasteiger partial charge in [-0.05, 0) is 38.1 Å². The molecule has 0 saturated carbocycles. The molecular weight excluding hydrogens is 332 g/mol. The van der Waals surface area contributed by atoms with Gasteiger partial charge in [-0.15, -0.1) is 0 Å². The zero-order valence-electron chi connectivity index (χ0n) is 13.5. The lowest BCUT2D eigenvalue weighted by Crippen LogP contribution is -2.30. The number of rotatable bonds is 5. The fraction of sp³-hybridized carbons (Fsp3) is 0.167. The van der Waals surface area contributed by atoms with Crippen molar-refractivity contribution in [3.63, 3.8) is 0 Å². The van der Waals surface area contributed by atoms with Crippen LogP contribution < -0.4 is 5.32 Å². The van der Waals surface area contributed by atoms with E-state index in [0.29, 0.717) is 17.3 Å². The van der Waals surface area contributed by atoms with Gasteiger partial charge in [0, 0.05) is 17.3 Å². The third-order valence-corrected chi connectivity index (χ3v) is 3.34. The first-order chi connectivity index (χ1) is 11.8. The molecule has 0 aliphatic rings. The van der Waals surface area contributed by atoms with Crippen molar-refractivity contribution in [3.05, 3.63) is 65.2 Å². The summed E-state index contributed by atoms with van der Waals surface area (Å²) >= 11 is 0. The number of ether oxygens (including phenoxy) is 1. The number of hydrogen-bond acceptors (Lipinski definition) is 4. The van der Waals surface area contributed by atoms with Crippen molar-refractivity contribution < 1.29 is 27.9 Å². The first kappa shape index (κ1) is 18.3. The van der Waals surface area contributed by atoms with E-state index in [4.69, 9.17) is 4.74 Å². The smallest absolute Gasteiger partial charge is 0.341 e. The Morgan fingerprint density at radius 1 is 1.08 bits per heavy atom. The van der Waals surface area contributed by atoms with Gasteiger partial charge in [-0.1, -0.05) is 12.1 Å². The van der Waals surface area contributed by atoms with Crippen LogP contribution in [0.3, 0.4) is 0 Å². The summed E-state index contributed by atoms with van der Waals surface area (Å²) in [5, 5.41) is 2.50. The largest absolute Gasteiger partial charge is 0.449 e. The molecule has 0 unspecified atom stereocenters. The van der Waals surface area contributed by atoms with E-state index in [9.17, 15) is 23.2 Å². The molecule has 2 aromatic carbocycles. The molecule has 0 radical (unpaired) electrons. The standard InChI is InChI=1S/C18H15F2NO4/c1-10(22)12-4-3-5-14(8-12)21-17(23)11(2)25-18(24)15-7-6-13(19)9-16(15)20/h3-9,11H,1-2H3,(H,21,23)/t11-/m0/s1. The Kier molecular flexibility index (Phi) is 5.59. The van der Waals surface area contributed by atoms with E-state index >= 15 is 0 Å². The quantitative estimate of drug-likeness (QED) is 0.665. The molecule has 25 heavy (non-hydrogen) atoms. The number of carbonyl (C=O) groups excluding carboxylic acids is 3. The maximum atomic E-state index is 13.5. The van der Waals surface area contributed by atoms with Gasteiger partial charge in [0.05, 0.1) is 5.56 Å². The van der Waals surface area contributed by atoms with Gasteiger partial charge in [0.2, 0.25) is 0 Å². The summed E-state index contributed by atoms with van der Waals surface area (Å²) in [5.74, 6) is -3.81. The van der Waals surface area contributed by atoms with E-state index in [-0.39, 0.29) is 5.78 Å². The molecule has 0 spiro atoms. The third-order valence-electron chi connectivity index (χ3n) is 3.34. The molecule has 0 heterocycles. The van der Waals surface area contributed by atoms with Crippen LogP contribution >= 0.6 is 0 Å². The van der Waals surface area contributed by atoms with Crippen LogP contribution in [0.1, 0.15) is 34.6 Å². The lowest BCUT2D eigenvalue weighted by Gasteiger charge is -2.14. The highest BCUT2D eigenvalue weighted by molar-refractivity contribution is 5.99. The first-order valence-corrected chi connectivity index (χ1v) is 7.36. The number of benzene rings is 2. The molecule has 0 aromatic heterocycles. The third kappa shape index (κ3) is 4.69. The Morgan fingerprint density at radius 3 is 2.44 bits per heavy atom. The Hall–Kier alpha value is -3.09. The van der Waals surface area contributed by atoms with Gasteiger partial charge in [-0.3, -0.25) is 9.59 Å². The predicted molar refractivity (Wildman–Crippen MR) is 86.3 cm³/mol. The zero-order valence-corrected chi connectivity index (χ0v) is 13.5. The van der Waals surface area contributed by atoms with E-state index < -0.39 is 35.2 Å². The molecule has 5 nitrogen and oxygen atoms in total. The first-order valence-electron chi connectivity index (χ1n) is 7.36. The Bertz CT molecular complexity index is 836. The lowest BCUT2D eigenvalue weighted by molar-refractivity contribution is -0.123. The molecule has 0 saturated heterocycles. The zero-order chi connectivity index (χ0) is 18.6. The number of carbonyl (C=O) groups is 3. The molecule has 1 N–H and O–H groups in total. The van der Waals surface area contributed by atoms with E-state index in [1.165, 1.54) is 19.9 Å². The molecule has 1 amide bonds. The minimum absolute atomic E-state index is 0.164. The fourth-order valence-corrected chi connectivity index (χ4v) is 1.99. The van der Waals surface area contributed by atoms with Crippen molar-refractivity contribution in [2.75, 3.05) is 5.32 Å². The second-order valence-electron chi connectivity index (χ2n) is 5.30. The molecule has 0 fully saturated rings. The summed E-state index contributed by atoms with van der Waals surface area (Å²) in [6.07, 6.45) is -1.22. The highest BCUT2D eigenvalue weighted by Crippen LogP contribution is 2.14. The van der Waals surface area contributed by atoms with Crippen molar-refractivity contribution in [2.45, 2.75) is 20.0 Å². The Balaban J connectivity index is 2.03. The molecule has 0 aliphatic carbocycles. The van der Waals surface area contributed by atoms with Crippen LogP contribution in [0.4, 0.5) is 14.5 Å². The highest BCUT2D eigenvalue weighted by Gasteiger charge is 2.21. The number of halogens is 2. The number of ketones is 1. The van der Waals surface area contributed by atoms with Crippen molar-refractivity contribution in [2.24, 2.45) is 0 Å². The van der Waals surface area contributed by atoms with Crippen LogP contribution in [0, 0.1) is 11.6 Å². The number of anilines is 1. The molecule has 1 atom stereocenters. The molecule has 0 aliphatic heterocycles. The average Bonchev–Trinajstić information content (AvgIpc) is 2.54. The van der Waals surface area contributed by atoms with E-state index in [1.807, 2.05) is 0 Å². The molecule has 2 rings (SSSR count). The van der Waals surface area contributed by atoms with Crippen molar-refractivity contribution >= 4 is 23.3 Å². The average molecular weight is 347 g/mol. The SMILES string of the molecule is CC(=O)c1cccc(NC(=O)[C@H](C)OC(=O)c2ccc(F)cc2F)c1. The second-order valence-corrected chi connectivity index (χ2v) is 5.30. The number of nitrogens with one attached hydrogen (secondary N) is 1. The van der Waals surface area contributed by atoms with E-state index in [2.05, 4.69) is 5.32 Å². The van der Waals surface area contributed by atoms with Gasteiger partial charge in [-0.25, -0.2) is 13.6 Å². The summed E-state index contributed by atoms with van der Waals surface area (Å²) in [5.41, 5.74) is 0.295. The van der Waals surface area contributed by atoms with Crippen LogP contribution in [0.25, 0.3) is 0 Å². The van der Waals surface area contributed by atoms with Gasteiger partial charge in [0.15, 0.2) is 11.9 Å². The highest BCUT2D eigenvalue weighted by atomic mass is 19.1. The molecular formula is C18H15F2NO4. The van der Waals surface area contributed by atoms with Gasteiger partial charge in [0.1, 0.15) is 11.6 Å². The number of esters is 1. The predicted octanol–water partition coefficient (Wildman–Crippen LogP) is 3.35. The minimum atomic E-state index is -1.22. The second kappa shape index (κ2) is 7.65. The minimum Gasteiger partial charge on any atom is -0.449 e. The van der Waals surface area contributed by atoms with Gasteiger partial charge in [-0.2, -0.15) is 0 Å². The summed E-state index contributed by atoms with van der Waals surface area (Å²) in [6, 6.07) is 8.64. The van der Waals surface area contributed by atoms with Crippen molar-refractivity contribution in [3.8, 4) is 0 Å². The summed E-state index contributed by atoms with van der Waals surface area (Å²) in [7, 11) is 0. The Labute approximate surface area is 142 Å². The number of Topliss-reactive ketones (excluding diaryl/α,β-unsaturated/α-hetero) is 1. The van der Waals surface area contributed by atoms with Gasteiger partial charge >= 0.3 is 5.97 Å². The summed E-state index contributed by atoms with van der Waals surface area (Å²) < 4.78 is 31.3. The van der Waals surface area contributed by atoms with E-state index in [1.54, 1.807) is 18.2 Å². The fourth-order valence-electron chi connectivity index (χ4n) is 1.99. The summed E-state index contributed by atoms with van der Waals surface area (Å²) in [6.45, 7) is 2.70. The number of hydrogen-bond donors (Lipinski definition) is 1. The lowest BCUT2D eigenvalue weighted by atomic mass is 10.1. The van der Waals surface area contributed by atoms with Crippen LogP contribution in [0.5, 0.6) is 0 Å². The Morgan fingerprint density at radius 2 is 1.80 bits per heavy atom. The van der Waals surface area contributed by atoms with E-state index in [0.717, 1.165) is 12.1 Å². The molecule has 2 aromatic rings. The monoisotopic (exact) mass is 347 g/mol. The van der Waals surface area contributed by atoms with Crippen LogP contribution in [-0.2, 0) is 9.53 Å². The summed E-state index contributed by atoms with van der Waals surface area (Å²) in [4.78, 5) is 35.3. The molecule has 130 valence electrons. The van der Waals surface area contributed by atoms with Crippen LogP contribution in [0.15, 0.2) is 42.5 Å². The van der Waals surface area contributed by atoms with Gasteiger partial charge in [0.25, 0.3) is 5.91 Å². The molecule has 0 bridgehead atoms. The normalized spacial score (nSPS) is 11.5. The topological polar surface area (TPSA) is 72.5 Å². The van der Waals surface area contributed by atoms with Crippen LogP contribution in [-0.4, -0.2) is 23.8 Å². The molecule has 7 heteroatoms. The maximum Gasteiger partial charge on any atom is 0.341 e. The van der Waals surface area contributed by atoms with Crippen molar-refractivity contribution in [1.29, 1.82) is 0 Å². The van der Waals surface area contributed by atoms with Crippen molar-refractivity contribution in [1.82, 2.24) is 0 Å². The van der Waals surface area contributed by atoms with Crippen LogP contribution in [0.2, 0.25) is 0 Å². The van der Waals surface area contributed by atoms with Gasteiger partial charge < -0.3 is 10.1 Å². The maximum absolute atomic E-state index is 13.5. The number of amides is 1.